The zero-order valence-electron chi connectivity index (χ0n) is 8.96. The molecule has 0 bridgehead atoms. The van der Waals surface area contributed by atoms with Crippen molar-refractivity contribution in [2.45, 2.75) is 6.92 Å². The van der Waals surface area contributed by atoms with Gasteiger partial charge in [-0.2, -0.15) is 0 Å². The largest absolute Gasteiger partial charge is 0.0991 e. The maximum atomic E-state index is 3.82. The Morgan fingerprint density at radius 3 is 2.53 bits per heavy atom. The van der Waals surface area contributed by atoms with Crippen molar-refractivity contribution in [3.8, 4) is 11.8 Å². The van der Waals surface area contributed by atoms with Crippen LogP contribution in [0.25, 0.3) is 0 Å². The van der Waals surface area contributed by atoms with Gasteiger partial charge in [0.2, 0.25) is 0 Å². The van der Waals surface area contributed by atoms with Crippen LogP contribution in [0.1, 0.15) is 11.1 Å². The molecule has 74 valence electrons. The lowest BCUT2D eigenvalue weighted by Crippen LogP contribution is -1.75. The molecule has 0 aliphatic heterocycles. The van der Waals surface area contributed by atoms with Crippen molar-refractivity contribution in [1.82, 2.24) is 0 Å². The molecular weight excluding hydrogens is 180 g/mol. The van der Waals surface area contributed by atoms with Crippen LogP contribution in [-0.4, -0.2) is 0 Å². The monoisotopic (exact) mass is 194 g/mol. The van der Waals surface area contributed by atoms with E-state index in [0.717, 1.165) is 11.1 Å². The Hall–Kier alpha value is -2.00. The Morgan fingerprint density at radius 1 is 1.27 bits per heavy atom. The van der Waals surface area contributed by atoms with Crippen molar-refractivity contribution in [3.63, 3.8) is 0 Å². The number of aryl methyl sites for hydroxylation is 1. The number of hydrogen-bond acceptors (Lipinski definition) is 0. The van der Waals surface area contributed by atoms with Crippen molar-refractivity contribution >= 4 is 0 Å². The maximum Gasteiger partial charge on any atom is 0.0249 e. The van der Waals surface area contributed by atoms with E-state index in [2.05, 4.69) is 31.9 Å². The van der Waals surface area contributed by atoms with E-state index >= 15 is 0 Å². The first-order valence-corrected chi connectivity index (χ1v) is 4.79. The van der Waals surface area contributed by atoms with Gasteiger partial charge in [-0.3, -0.25) is 0 Å². The Kier molecular flexibility index (Phi) is 4.19. The molecule has 0 atom stereocenters. The van der Waals surface area contributed by atoms with Crippen LogP contribution in [0.2, 0.25) is 0 Å². The predicted molar refractivity (Wildman–Crippen MR) is 66.5 cm³/mol. The summed E-state index contributed by atoms with van der Waals surface area (Å²) >= 11 is 0. The molecular formula is C15H14. The smallest absolute Gasteiger partial charge is 0.0249 e. The van der Waals surface area contributed by atoms with Crippen LogP contribution in [-0.2, 0) is 0 Å². The van der Waals surface area contributed by atoms with Crippen LogP contribution in [0.5, 0.6) is 0 Å². The summed E-state index contributed by atoms with van der Waals surface area (Å²) in [7, 11) is 0. The topological polar surface area (TPSA) is 0 Å². The maximum absolute atomic E-state index is 3.82. The molecule has 0 N–H and O–H groups in total. The van der Waals surface area contributed by atoms with Gasteiger partial charge >= 0.3 is 0 Å². The van der Waals surface area contributed by atoms with E-state index in [1.165, 1.54) is 5.56 Å². The minimum atomic E-state index is 0.787. The van der Waals surface area contributed by atoms with Gasteiger partial charge in [0, 0.05) is 11.1 Å². The molecule has 0 saturated carbocycles. The molecule has 0 heteroatoms. The number of hydrogen-bond donors (Lipinski definition) is 0. The van der Waals surface area contributed by atoms with Crippen molar-refractivity contribution in [2.24, 2.45) is 0 Å². The second kappa shape index (κ2) is 5.67. The molecule has 0 aliphatic rings. The van der Waals surface area contributed by atoms with Gasteiger partial charge in [0.25, 0.3) is 0 Å². The lowest BCUT2D eigenvalue weighted by molar-refractivity contribution is 1.46. The van der Waals surface area contributed by atoms with Gasteiger partial charge < -0.3 is 0 Å². The standard InChI is InChI=1S/C15H14/c1-4-5-6-13(2)7-10-15-11-8-14(3)9-12-15/h4-6,8-9,11-12H,1-2H2,3H3/b6-5-. The van der Waals surface area contributed by atoms with Crippen LogP contribution in [0, 0.1) is 18.8 Å². The van der Waals surface area contributed by atoms with Gasteiger partial charge in [0.15, 0.2) is 0 Å². The first-order valence-electron chi connectivity index (χ1n) is 4.79. The van der Waals surface area contributed by atoms with E-state index in [1.54, 1.807) is 6.08 Å². The van der Waals surface area contributed by atoms with Gasteiger partial charge in [0.1, 0.15) is 0 Å². The van der Waals surface area contributed by atoms with Crippen LogP contribution < -0.4 is 0 Å². The number of rotatable bonds is 2. The summed E-state index contributed by atoms with van der Waals surface area (Å²) < 4.78 is 0. The molecule has 0 amide bonds. The van der Waals surface area contributed by atoms with Crippen molar-refractivity contribution in [3.05, 3.63) is 72.4 Å². The molecule has 0 spiro atoms. The highest BCUT2D eigenvalue weighted by Gasteiger charge is 1.85. The van der Waals surface area contributed by atoms with E-state index < -0.39 is 0 Å². The third-order valence-electron chi connectivity index (χ3n) is 1.85. The molecule has 0 heterocycles. The highest BCUT2D eigenvalue weighted by molar-refractivity contribution is 5.44. The fourth-order valence-electron chi connectivity index (χ4n) is 1.02. The molecule has 0 aliphatic carbocycles. The van der Waals surface area contributed by atoms with Gasteiger partial charge in [0.05, 0.1) is 0 Å². The van der Waals surface area contributed by atoms with Crippen molar-refractivity contribution < 1.29 is 0 Å². The van der Waals surface area contributed by atoms with Gasteiger partial charge in [-0.15, -0.1) is 0 Å². The molecule has 1 aromatic carbocycles. The second-order valence-corrected chi connectivity index (χ2v) is 3.24. The molecule has 0 unspecified atom stereocenters. The Morgan fingerprint density at radius 2 is 1.93 bits per heavy atom. The average molecular weight is 194 g/mol. The first-order chi connectivity index (χ1) is 7.22. The quantitative estimate of drug-likeness (QED) is 0.498. The first kappa shape index (κ1) is 11.1. The van der Waals surface area contributed by atoms with Gasteiger partial charge in [-0.05, 0) is 25.1 Å². The molecule has 15 heavy (non-hydrogen) atoms. The molecule has 0 saturated heterocycles. The normalized spacial score (nSPS) is 9.40. The fraction of sp³-hybridized carbons (Fsp3) is 0.0667. The molecule has 0 aromatic heterocycles. The Bertz CT molecular complexity index is 433. The summed E-state index contributed by atoms with van der Waals surface area (Å²) in [6.07, 6.45) is 5.37. The fourth-order valence-corrected chi connectivity index (χ4v) is 1.02. The van der Waals surface area contributed by atoms with Crippen LogP contribution in [0.15, 0.2) is 61.2 Å². The zero-order chi connectivity index (χ0) is 11.1. The van der Waals surface area contributed by atoms with Gasteiger partial charge in [-0.25, -0.2) is 0 Å². The average Bonchev–Trinajstić information content (AvgIpc) is 2.25. The molecule has 0 nitrogen and oxygen atoms in total. The number of allylic oxidation sites excluding steroid dienone is 4. The summed E-state index contributed by atoms with van der Waals surface area (Å²) in [4.78, 5) is 0. The third-order valence-corrected chi connectivity index (χ3v) is 1.85. The van der Waals surface area contributed by atoms with E-state index in [9.17, 15) is 0 Å². The van der Waals surface area contributed by atoms with Gasteiger partial charge in [-0.1, -0.05) is 54.8 Å². The second-order valence-electron chi connectivity index (χ2n) is 3.24. The molecule has 1 aromatic rings. The summed E-state index contributed by atoms with van der Waals surface area (Å²) in [5.74, 6) is 6.02. The van der Waals surface area contributed by atoms with E-state index in [0.29, 0.717) is 0 Å². The highest BCUT2D eigenvalue weighted by Crippen LogP contribution is 2.01. The third kappa shape index (κ3) is 4.15. The van der Waals surface area contributed by atoms with Crippen molar-refractivity contribution in [2.75, 3.05) is 0 Å². The summed E-state index contributed by atoms with van der Waals surface area (Å²) in [6, 6.07) is 8.11. The molecule has 0 radical (unpaired) electrons. The van der Waals surface area contributed by atoms with Crippen LogP contribution >= 0.6 is 0 Å². The summed E-state index contributed by atoms with van der Waals surface area (Å²) in [5, 5.41) is 0. The summed E-state index contributed by atoms with van der Waals surface area (Å²) in [5.41, 5.74) is 3.04. The van der Waals surface area contributed by atoms with Crippen molar-refractivity contribution in [1.29, 1.82) is 0 Å². The van der Waals surface area contributed by atoms with Crippen LogP contribution in [0.4, 0.5) is 0 Å². The lowest BCUT2D eigenvalue weighted by atomic mass is 10.1. The SMILES string of the molecule is C=C/C=C\C(=C)C#Cc1ccc(C)cc1. The van der Waals surface area contributed by atoms with E-state index in [4.69, 9.17) is 0 Å². The minimum Gasteiger partial charge on any atom is -0.0991 e. The zero-order valence-corrected chi connectivity index (χ0v) is 8.96. The van der Waals surface area contributed by atoms with E-state index in [-0.39, 0.29) is 0 Å². The molecule has 0 fully saturated rings. The molecule has 1 rings (SSSR count). The van der Waals surface area contributed by atoms with Crippen LogP contribution in [0.3, 0.4) is 0 Å². The predicted octanol–water partition coefficient (Wildman–Crippen LogP) is 3.64. The minimum absolute atomic E-state index is 0.787. The highest BCUT2D eigenvalue weighted by atomic mass is 13.9. The summed E-state index contributed by atoms with van der Waals surface area (Å²) in [6.45, 7) is 9.46. The Balaban J connectivity index is 2.73. The van der Waals surface area contributed by atoms with E-state index in [1.807, 2.05) is 36.4 Å². The number of benzene rings is 1. The Labute approximate surface area is 91.6 Å². The lowest BCUT2D eigenvalue weighted by Gasteiger charge is -1.91.